The monoisotopic (exact) mass is 258 g/mol. The number of hydrogen-bond donors (Lipinski definition) is 1. The average Bonchev–Trinajstić information content (AvgIpc) is 2.96. The van der Waals surface area contributed by atoms with Crippen molar-refractivity contribution in [1.82, 2.24) is 0 Å². The van der Waals surface area contributed by atoms with E-state index in [2.05, 4.69) is 41.4 Å². The zero-order chi connectivity index (χ0) is 13.1. The molecule has 1 heterocycles. The van der Waals surface area contributed by atoms with Crippen molar-refractivity contribution in [1.29, 1.82) is 0 Å². The molecule has 1 N–H and O–H groups in total. The van der Waals surface area contributed by atoms with Crippen molar-refractivity contribution in [3.63, 3.8) is 0 Å². The summed E-state index contributed by atoms with van der Waals surface area (Å²) in [6.07, 6.45) is 8.18. The van der Waals surface area contributed by atoms with Crippen LogP contribution in [0.1, 0.15) is 45.4 Å². The molecule has 104 valence electrons. The van der Waals surface area contributed by atoms with Gasteiger partial charge >= 0.3 is 0 Å². The summed E-state index contributed by atoms with van der Waals surface area (Å²) in [6.45, 7) is 4.84. The second kappa shape index (κ2) is 5.85. The predicted octanol–water partition coefficient (Wildman–Crippen LogP) is 4.28. The first-order valence-electron chi connectivity index (χ1n) is 7.95. The van der Waals surface area contributed by atoms with Crippen molar-refractivity contribution in [3.8, 4) is 0 Å². The van der Waals surface area contributed by atoms with Crippen molar-refractivity contribution >= 4 is 11.4 Å². The summed E-state index contributed by atoms with van der Waals surface area (Å²) in [7, 11) is 0. The standard InChI is InChI=1S/C17H26N2/c1-14-8-2-3-9-15(14)18-16-10-4-5-11-17(16)19-12-6-7-13-19/h4-5,10-11,14-15,18H,2-3,6-9,12-13H2,1H3. The predicted molar refractivity (Wildman–Crippen MR) is 82.9 cm³/mol. The van der Waals surface area contributed by atoms with Gasteiger partial charge in [-0.3, -0.25) is 0 Å². The molecule has 2 aliphatic rings. The summed E-state index contributed by atoms with van der Waals surface area (Å²) in [6, 6.07) is 9.53. The van der Waals surface area contributed by atoms with Gasteiger partial charge in [0, 0.05) is 19.1 Å². The normalized spacial score (nSPS) is 27.5. The zero-order valence-electron chi connectivity index (χ0n) is 12.1. The van der Waals surface area contributed by atoms with Crippen LogP contribution in [0, 0.1) is 5.92 Å². The topological polar surface area (TPSA) is 15.3 Å². The van der Waals surface area contributed by atoms with Gasteiger partial charge in [0.05, 0.1) is 11.4 Å². The highest BCUT2D eigenvalue weighted by Gasteiger charge is 2.23. The fourth-order valence-corrected chi connectivity index (χ4v) is 3.56. The number of benzene rings is 1. The number of para-hydroxylation sites is 2. The van der Waals surface area contributed by atoms with E-state index in [4.69, 9.17) is 0 Å². The summed E-state index contributed by atoms with van der Waals surface area (Å²) in [5.41, 5.74) is 2.76. The second-order valence-corrected chi connectivity index (χ2v) is 6.22. The molecule has 1 saturated heterocycles. The fourth-order valence-electron chi connectivity index (χ4n) is 3.56. The van der Waals surface area contributed by atoms with Crippen LogP contribution < -0.4 is 10.2 Å². The third kappa shape index (κ3) is 2.88. The summed E-state index contributed by atoms with van der Waals surface area (Å²) in [5, 5.41) is 3.83. The third-order valence-electron chi connectivity index (χ3n) is 4.80. The Balaban J connectivity index is 1.76. The van der Waals surface area contributed by atoms with Gasteiger partial charge in [-0.25, -0.2) is 0 Å². The van der Waals surface area contributed by atoms with Crippen LogP contribution in [0.25, 0.3) is 0 Å². The van der Waals surface area contributed by atoms with Crippen molar-refractivity contribution in [2.45, 2.75) is 51.5 Å². The SMILES string of the molecule is CC1CCCCC1Nc1ccccc1N1CCCC1. The third-order valence-corrected chi connectivity index (χ3v) is 4.80. The molecular weight excluding hydrogens is 232 g/mol. The number of anilines is 2. The number of nitrogens with zero attached hydrogens (tertiary/aromatic N) is 1. The van der Waals surface area contributed by atoms with Gasteiger partial charge in [0.15, 0.2) is 0 Å². The van der Waals surface area contributed by atoms with Gasteiger partial charge in [-0.1, -0.05) is 31.9 Å². The highest BCUT2D eigenvalue weighted by molar-refractivity contribution is 5.70. The fraction of sp³-hybridized carbons (Fsp3) is 0.647. The summed E-state index contributed by atoms with van der Waals surface area (Å²) in [5.74, 6) is 0.806. The lowest BCUT2D eigenvalue weighted by Crippen LogP contribution is -2.31. The quantitative estimate of drug-likeness (QED) is 0.870. The minimum atomic E-state index is 0.664. The van der Waals surface area contributed by atoms with E-state index in [0.29, 0.717) is 6.04 Å². The van der Waals surface area contributed by atoms with Crippen molar-refractivity contribution < 1.29 is 0 Å². The Morgan fingerprint density at radius 1 is 1.00 bits per heavy atom. The summed E-state index contributed by atoms with van der Waals surface area (Å²) in [4.78, 5) is 2.54. The van der Waals surface area contributed by atoms with Gasteiger partial charge in [0.25, 0.3) is 0 Å². The Morgan fingerprint density at radius 2 is 1.74 bits per heavy atom. The van der Waals surface area contributed by atoms with Crippen LogP contribution in [0.2, 0.25) is 0 Å². The maximum Gasteiger partial charge on any atom is 0.0602 e. The minimum Gasteiger partial charge on any atom is -0.380 e. The van der Waals surface area contributed by atoms with E-state index >= 15 is 0 Å². The van der Waals surface area contributed by atoms with Gasteiger partial charge in [0.1, 0.15) is 0 Å². The first kappa shape index (κ1) is 12.8. The van der Waals surface area contributed by atoms with Crippen LogP contribution in [-0.4, -0.2) is 19.1 Å². The number of nitrogens with one attached hydrogen (secondary N) is 1. The van der Waals surface area contributed by atoms with E-state index in [-0.39, 0.29) is 0 Å². The van der Waals surface area contributed by atoms with Crippen LogP contribution in [-0.2, 0) is 0 Å². The minimum absolute atomic E-state index is 0.664. The Labute approximate surface area is 117 Å². The Hall–Kier alpha value is -1.18. The van der Waals surface area contributed by atoms with Crippen LogP contribution >= 0.6 is 0 Å². The molecule has 2 nitrogen and oxygen atoms in total. The van der Waals surface area contributed by atoms with Crippen molar-refractivity contribution in [3.05, 3.63) is 24.3 Å². The molecule has 0 radical (unpaired) electrons. The van der Waals surface area contributed by atoms with Gasteiger partial charge in [-0.05, 0) is 43.7 Å². The van der Waals surface area contributed by atoms with E-state index in [1.54, 1.807) is 0 Å². The Kier molecular flexibility index (Phi) is 3.95. The van der Waals surface area contributed by atoms with Crippen molar-refractivity contribution in [2.24, 2.45) is 5.92 Å². The summed E-state index contributed by atoms with van der Waals surface area (Å²) < 4.78 is 0. The number of hydrogen-bond acceptors (Lipinski definition) is 2. The molecule has 2 heteroatoms. The molecule has 2 unspecified atom stereocenters. The summed E-state index contributed by atoms with van der Waals surface area (Å²) >= 11 is 0. The Morgan fingerprint density at radius 3 is 2.53 bits per heavy atom. The molecule has 1 saturated carbocycles. The molecule has 1 aliphatic heterocycles. The molecule has 0 amide bonds. The smallest absolute Gasteiger partial charge is 0.0602 e. The first-order valence-corrected chi connectivity index (χ1v) is 7.95. The molecule has 1 aromatic carbocycles. The molecule has 3 rings (SSSR count). The van der Waals surface area contributed by atoms with Gasteiger partial charge in [0.2, 0.25) is 0 Å². The average molecular weight is 258 g/mol. The lowest BCUT2D eigenvalue weighted by atomic mass is 9.86. The van der Waals surface area contributed by atoms with Crippen LogP contribution in [0.4, 0.5) is 11.4 Å². The van der Waals surface area contributed by atoms with Gasteiger partial charge in [-0.2, -0.15) is 0 Å². The molecule has 1 aliphatic carbocycles. The van der Waals surface area contributed by atoms with E-state index in [1.807, 2.05) is 0 Å². The zero-order valence-corrected chi connectivity index (χ0v) is 12.1. The van der Waals surface area contributed by atoms with Gasteiger partial charge < -0.3 is 10.2 Å². The second-order valence-electron chi connectivity index (χ2n) is 6.22. The maximum atomic E-state index is 3.83. The first-order chi connectivity index (χ1) is 9.34. The number of rotatable bonds is 3. The highest BCUT2D eigenvalue weighted by atomic mass is 15.2. The lowest BCUT2D eigenvalue weighted by molar-refractivity contribution is 0.349. The van der Waals surface area contributed by atoms with Crippen LogP contribution in [0.3, 0.4) is 0 Å². The Bertz CT molecular complexity index is 409. The largest absolute Gasteiger partial charge is 0.380 e. The van der Waals surface area contributed by atoms with Crippen LogP contribution in [0.15, 0.2) is 24.3 Å². The van der Waals surface area contributed by atoms with E-state index in [0.717, 1.165) is 5.92 Å². The molecule has 2 atom stereocenters. The van der Waals surface area contributed by atoms with E-state index in [1.165, 1.54) is 63.0 Å². The van der Waals surface area contributed by atoms with Crippen molar-refractivity contribution in [2.75, 3.05) is 23.3 Å². The molecule has 2 fully saturated rings. The molecule has 0 aromatic heterocycles. The molecule has 0 bridgehead atoms. The molecule has 1 aromatic rings. The van der Waals surface area contributed by atoms with Gasteiger partial charge in [-0.15, -0.1) is 0 Å². The van der Waals surface area contributed by atoms with Crippen LogP contribution in [0.5, 0.6) is 0 Å². The van der Waals surface area contributed by atoms with E-state index < -0.39 is 0 Å². The van der Waals surface area contributed by atoms with E-state index in [9.17, 15) is 0 Å². The highest BCUT2D eigenvalue weighted by Crippen LogP contribution is 2.32. The lowest BCUT2D eigenvalue weighted by Gasteiger charge is -2.32. The molecule has 19 heavy (non-hydrogen) atoms. The molecular formula is C17H26N2. The molecule has 0 spiro atoms. The maximum absolute atomic E-state index is 3.83.